The van der Waals surface area contributed by atoms with E-state index in [4.69, 9.17) is 0 Å². The Morgan fingerprint density at radius 1 is 1.07 bits per heavy atom. The smallest absolute Gasteiger partial charge is 0.246 e. The number of rotatable bonds is 4. The first-order valence-corrected chi connectivity index (χ1v) is 9.57. The summed E-state index contributed by atoms with van der Waals surface area (Å²) in [6.07, 6.45) is 2.12. The lowest BCUT2D eigenvalue weighted by molar-refractivity contribution is -0.137. The number of amides is 2. The summed E-state index contributed by atoms with van der Waals surface area (Å²) in [4.78, 5) is 33.1. The molecular formula is C22H24N4O2. The Balaban J connectivity index is 1.38. The van der Waals surface area contributed by atoms with Gasteiger partial charge < -0.3 is 14.4 Å². The molecule has 28 heavy (non-hydrogen) atoms. The number of benzene rings is 2. The highest BCUT2D eigenvalue weighted by Crippen LogP contribution is 2.21. The summed E-state index contributed by atoms with van der Waals surface area (Å²) in [6, 6.07) is 14.0. The van der Waals surface area contributed by atoms with E-state index in [-0.39, 0.29) is 18.4 Å². The minimum Gasteiger partial charge on any atom is -0.332 e. The van der Waals surface area contributed by atoms with Crippen LogP contribution in [0, 0.1) is 13.8 Å². The lowest BCUT2D eigenvalue weighted by Gasteiger charge is -2.34. The van der Waals surface area contributed by atoms with Crippen LogP contribution in [0.15, 0.2) is 48.8 Å². The third kappa shape index (κ3) is 3.63. The molecule has 1 aliphatic rings. The second-order valence-corrected chi connectivity index (χ2v) is 7.38. The van der Waals surface area contributed by atoms with Crippen LogP contribution in [0.4, 0.5) is 5.69 Å². The molecule has 4 rings (SSSR count). The molecule has 0 saturated carbocycles. The topological polar surface area (TPSA) is 58.4 Å². The van der Waals surface area contributed by atoms with Crippen LogP contribution < -0.4 is 4.90 Å². The van der Waals surface area contributed by atoms with Gasteiger partial charge in [-0.25, -0.2) is 4.98 Å². The highest BCUT2D eigenvalue weighted by Gasteiger charge is 2.28. The number of carbonyl (C=O) groups is 2. The SMILES string of the molecule is Cc1cc(C)cc(N2CCN(C(=O)CCn3cnc4ccccc43)CC2=O)c1. The van der Waals surface area contributed by atoms with Crippen molar-refractivity contribution < 1.29 is 9.59 Å². The van der Waals surface area contributed by atoms with Gasteiger partial charge in [-0.05, 0) is 49.2 Å². The first-order valence-electron chi connectivity index (χ1n) is 9.57. The van der Waals surface area contributed by atoms with E-state index >= 15 is 0 Å². The third-order valence-corrected chi connectivity index (χ3v) is 5.19. The average Bonchev–Trinajstić information content (AvgIpc) is 3.08. The number of hydrogen-bond acceptors (Lipinski definition) is 3. The van der Waals surface area contributed by atoms with E-state index in [1.165, 1.54) is 0 Å². The van der Waals surface area contributed by atoms with Crippen LogP contribution in [-0.2, 0) is 16.1 Å². The van der Waals surface area contributed by atoms with Crippen LogP contribution in [0.25, 0.3) is 11.0 Å². The Hall–Kier alpha value is -3.15. The van der Waals surface area contributed by atoms with Gasteiger partial charge >= 0.3 is 0 Å². The number of para-hydroxylation sites is 2. The largest absolute Gasteiger partial charge is 0.332 e. The molecule has 1 aliphatic heterocycles. The molecule has 2 amide bonds. The molecule has 0 aliphatic carbocycles. The molecule has 144 valence electrons. The number of aromatic nitrogens is 2. The molecule has 1 fully saturated rings. The van der Waals surface area contributed by atoms with Crippen LogP contribution in [-0.4, -0.2) is 45.9 Å². The standard InChI is InChI=1S/C22H24N4O2/c1-16-11-17(2)13-18(12-16)26-10-9-24(14-22(26)28)21(27)7-8-25-15-23-19-5-3-4-6-20(19)25/h3-6,11-13,15H,7-10,14H2,1-2H3. The molecule has 0 bridgehead atoms. The molecule has 2 heterocycles. The average molecular weight is 376 g/mol. The Morgan fingerprint density at radius 3 is 2.57 bits per heavy atom. The molecule has 0 N–H and O–H groups in total. The Morgan fingerprint density at radius 2 is 1.82 bits per heavy atom. The Bertz CT molecular complexity index is 1020. The van der Waals surface area contributed by atoms with Crippen molar-refractivity contribution in [2.24, 2.45) is 0 Å². The van der Waals surface area contributed by atoms with Crippen LogP contribution in [0.3, 0.4) is 0 Å². The Kier molecular flexibility index (Phi) is 4.86. The van der Waals surface area contributed by atoms with Crippen molar-refractivity contribution in [3.8, 4) is 0 Å². The highest BCUT2D eigenvalue weighted by molar-refractivity contribution is 5.98. The molecule has 0 atom stereocenters. The van der Waals surface area contributed by atoms with Crippen LogP contribution in [0.5, 0.6) is 0 Å². The van der Waals surface area contributed by atoms with Crippen molar-refractivity contribution in [3.05, 3.63) is 59.9 Å². The van der Waals surface area contributed by atoms with Gasteiger partial charge in [-0.2, -0.15) is 0 Å². The second-order valence-electron chi connectivity index (χ2n) is 7.38. The van der Waals surface area contributed by atoms with E-state index in [9.17, 15) is 9.59 Å². The van der Waals surface area contributed by atoms with Gasteiger partial charge in [0.25, 0.3) is 0 Å². The molecule has 0 unspecified atom stereocenters. The summed E-state index contributed by atoms with van der Waals surface area (Å²) in [5.74, 6) is -0.0242. The molecule has 6 heteroatoms. The molecule has 3 aromatic rings. The predicted octanol–water partition coefficient (Wildman–Crippen LogP) is 2.92. The summed E-state index contributed by atoms with van der Waals surface area (Å²) in [6.45, 7) is 5.84. The van der Waals surface area contributed by atoms with Gasteiger partial charge in [-0.1, -0.05) is 18.2 Å². The predicted molar refractivity (Wildman–Crippen MR) is 109 cm³/mol. The number of anilines is 1. The third-order valence-electron chi connectivity index (χ3n) is 5.19. The summed E-state index contributed by atoms with van der Waals surface area (Å²) in [5.41, 5.74) is 5.13. The number of nitrogens with zero attached hydrogens (tertiary/aromatic N) is 4. The zero-order valence-corrected chi connectivity index (χ0v) is 16.3. The van der Waals surface area contributed by atoms with E-state index in [1.807, 2.05) is 54.8 Å². The maximum Gasteiger partial charge on any atom is 0.246 e. The van der Waals surface area contributed by atoms with Gasteiger partial charge in [0.15, 0.2) is 0 Å². The summed E-state index contributed by atoms with van der Waals surface area (Å²) >= 11 is 0. The van der Waals surface area contributed by atoms with Crippen molar-refractivity contribution in [3.63, 3.8) is 0 Å². The summed E-state index contributed by atoms with van der Waals surface area (Å²) in [7, 11) is 0. The fourth-order valence-corrected chi connectivity index (χ4v) is 3.83. The van der Waals surface area contributed by atoms with Gasteiger partial charge in [-0.15, -0.1) is 0 Å². The van der Waals surface area contributed by atoms with Crippen molar-refractivity contribution in [1.82, 2.24) is 14.5 Å². The van der Waals surface area contributed by atoms with Gasteiger partial charge in [0.05, 0.1) is 17.4 Å². The van der Waals surface area contributed by atoms with Crippen LogP contribution >= 0.6 is 0 Å². The molecule has 1 saturated heterocycles. The zero-order chi connectivity index (χ0) is 19.7. The zero-order valence-electron chi connectivity index (χ0n) is 16.3. The van der Waals surface area contributed by atoms with E-state index in [0.717, 1.165) is 27.8 Å². The molecule has 1 aromatic heterocycles. The van der Waals surface area contributed by atoms with Crippen molar-refractivity contribution in [1.29, 1.82) is 0 Å². The number of aryl methyl sites for hydroxylation is 3. The fourth-order valence-electron chi connectivity index (χ4n) is 3.83. The number of hydrogen-bond donors (Lipinski definition) is 0. The second kappa shape index (κ2) is 7.46. The normalized spacial score (nSPS) is 14.7. The number of fused-ring (bicyclic) bond motifs is 1. The Labute approximate surface area is 164 Å². The van der Waals surface area contributed by atoms with Crippen molar-refractivity contribution in [2.45, 2.75) is 26.8 Å². The van der Waals surface area contributed by atoms with Crippen LogP contribution in [0.1, 0.15) is 17.5 Å². The van der Waals surface area contributed by atoms with E-state index in [0.29, 0.717) is 26.1 Å². The molecular weight excluding hydrogens is 352 g/mol. The fraction of sp³-hybridized carbons (Fsp3) is 0.318. The molecule has 0 spiro atoms. The van der Waals surface area contributed by atoms with Gasteiger partial charge in [0, 0.05) is 31.7 Å². The minimum atomic E-state index is -0.0299. The van der Waals surface area contributed by atoms with Gasteiger partial charge in [0.2, 0.25) is 11.8 Å². The lowest BCUT2D eigenvalue weighted by Crippen LogP contribution is -2.52. The number of piperazine rings is 1. The molecule has 6 nitrogen and oxygen atoms in total. The summed E-state index contributed by atoms with van der Waals surface area (Å²) < 4.78 is 1.99. The van der Waals surface area contributed by atoms with Gasteiger partial charge in [-0.3, -0.25) is 9.59 Å². The molecule has 2 aromatic carbocycles. The van der Waals surface area contributed by atoms with Crippen molar-refractivity contribution in [2.75, 3.05) is 24.5 Å². The number of carbonyl (C=O) groups excluding carboxylic acids is 2. The molecule has 0 radical (unpaired) electrons. The van der Waals surface area contributed by atoms with E-state index in [1.54, 1.807) is 16.1 Å². The maximum atomic E-state index is 12.7. The van der Waals surface area contributed by atoms with Crippen LogP contribution in [0.2, 0.25) is 0 Å². The van der Waals surface area contributed by atoms with Crippen molar-refractivity contribution >= 4 is 28.5 Å². The van der Waals surface area contributed by atoms with E-state index in [2.05, 4.69) is 11.1 Å². The maximum absolute atomic E-state index is 12.7. The first-order chi connectivity index (χ1) is 13.5. The first kappa shape index (κ1) is 18.2. The number of imidazole rings is 1. The van der Waals surface area contributed by atoms with E-state index < -0.39 is 0 Å². The summed E-state index contributed by atoms with van der Waals surface area (Å²) in [5, 5.41) is 0. The van der Waals surface area contributed by atoms with Gasteiger partial charge in [0.1, 0.15) is 6.54 Å². The lowest BCUT2D eigenvalue weighted by atomic mass is 10.1. The minimum absolute atomic E-state index is 0.00574. The quantitative estimate of drug-likeness (QED) is 0.703. The highest BCUT2D eigenvalue weighted by atomic mass is 16.2. The monoisotopic (exact) mass is 376 g/mol.